The average Bonchev–Trinajstić information content (AvgIpc) is 3.19. The van der Waals surface area contributed by atoms with Crippen LogP contribution in [0.4, 0.5) is 19.6 Å². The Labute approximate surface area is 181 Å². The molecule has 0 atom stereocenters. The summed E-state index contributed by atoms with van der Waals surface area (Å²) in [4.78, 5) is 30.5. The topological polar surface area (TPSA) is 59.5 Å². The molecule has 31 heavy (non-hydrogen) atoms. The second-order valence-corrected chi connectivity index (χ2v) is 7.86. The van der Waals surface area contributed by atoms with Gasteiger partial charge >= 0.3 is 0 Å². The highest BCUT2D eigenvalue weighted by atomic mass is 32.1. The zero-order valence-electron chi connectivity index (χ0n) is 16.8. The molecule has 2 aromatic carbocycles. The van der Waals surface area contributed by atoms with Crippen molar-refractivity contribution in [2.24, 2.45) is 0 Å². The Bertz CT molecular complexity index is 1220. The highest BCUT2D eigenvalue weighted by Gasteiger charge is 2.24. The lowest BCUT2D eigenvalue weighted by Crippen LogP contribution is -2.23. The van der Waals surface area contributed by atoms with E-state index in [-0.39, 0.29) is 16.6 Å². The fourth-order valence-electron chi connectivity index (χ4n) is 3.51. The quantitative estimate of drug-likeness (QED) is 0.515. The lowest BCUT2D eigenvalue weighted by atomic mass is 9.86. The number of ketones is 1. The van der Waals surface area contributed by atoms with Crippen molar-refractivity contribution in [1.29, 1.82) is 0 Å². The number of methoxy groups -OCH3 is 1. The fraction of sp³-hybridized carbons (Fsp3) is 0.174. The normalized spacial score (nSPS) is 14.5. The summed E-state index contributed by atoms with van der Waals surface area (Å²) in [5, 5.41) is 1.93. The number of Topliss-reactive ketones (excluding diaryl/α,β-unsaturated/α-hetero) is 1. The van der Waals surface area contributed by atoms with Gasteiger partial charge in [-0.1, -0.05) is 0 Å². The SMILES string of the molecule is COc1ccc2c(c1)CC/C(=C\c1csc(N(C(C)=O)c3ccc(F)cc3F)n1)C2=O. The first-order chi connectivity index (χ1) is 14.9. The second kappa shape index (κ2) is 8.39. The standard InChI is InChI=1S/C23H18F2N2O3S/c1-13(28)27(21-8-5-16(24)11-20(21)25)23-26-17(12-31-23)9-15-4-3-14-10-18(30-2)6-7-19(14)22(15)29/h5-12H,3-4H2,1-2H3/b15-9+. The molecule has 0 bridgehead atoms. The predicted molar refractivity (Wildman–Crippen MR) is 115 cm³/mol. The molecule has 5 nitrogen and oxygen atoms in total. The number of amides is 1. The van der Waals surface area contributed by atoms with Crippen LogP contribution < -0.4 is 9.64 Å². The molecule has 0 radical (unpaired) electrons. The second-order valence-electron chi connectivity index (χ2n) is 7.03. The first-order valence-corrected chi connectivity index (χ1v) is 10.4. The van der Waals surface area contributed by atoms with Gasteiger partial charge in [-0.2, -0.15) is 0 Å². The molecule has 1 amide bonds. The molecule has 0 N–H and O–H groups in total. The molecule has 4 rings (SSSR count). The van der Waals surface area contributed by atoms with Crippen LogP contribution in [0.3, 0.4) is 0 Å². The van der Waals surface area contributed by atoms with Gasteiger partial charge in [-0.15, -0.1) is 11.3 Å². The Morgan fingerprint density at radius 2 is 2.00 bits per heavy atom. The van der Waals surface area contributed by atoms with Crippen molar-refractivity contribution in [2.75, 3.05) is 12.0 Å². The summed E-state index contributed by atoms with van der Waals surface area (Å²) in [6, 6.07) is 8.37. The number of ether oxygens (including phenoxy) is 1. The molecule has 1 aliphatic rings. The van der Waals surface area contributed by atoms with Crippen LogP contribution in [0.15, 0.2) is 47.4 Å². The van der Waals surface area contributed by atoms with Crippen LogP contribution in [0.25, 0.3) is 6.08 Å². The van der Waals surface area contributed by atoms with Crippen LogP contribution in [0.2, 0.25) is 0 Å². The van der Waals surface area contributed by atoms with E-state index in [0.29, 0.717) is 35.4 Å². The molecule has 0 spiro atoms. The first-order valence-electron chi connectivity index (χ1n) is 9.51. The maximum absolute atomic E-state index is 14.2. The zero-order valence-corrected chi connectivity index (χ0v) is 17.6. The van der Waals surface area contributed by atoms with Gasteiger partial charge in [0.2, 0.25) is 5.91 Å². The van der Waals surface area contributed by atoms with Crippen molar-refractivity contribution >= 4 is 39.9 Å². The third kappa shape index (κ3) is 4.11. The van der Waals surface area contributed by atoms with Crippen LogP contribution in [0.5, 0.6) is 5.75 Å². The molecule has 1 heterocycles. The Balaban J connectivity index is 1.64. The number of rotatable bonds is 4. The Hall–Kier alpha value is -3.39. The summed E-state index contributed by atoms with van der Waals surface area (Å²) in [6.07, 6.45) is 2.94. The van der Waals surface area contributed by atoms with E-state index in [9.17, 15) is 18.4 Å². The van der Waals surface area contributed by atoms with Gasteiger partial charge in [0.25, 0.3) is 0 Å². The molecule has 1 aliphatic carbocycles. The van der Waals surface area contributed by atoms with Gasteiger partial charge in [0, 0.05) is 29.5 Å². The van der Waals surface area contributed by atoms with Crippen LogP contribution in [-0.4, -0.2) is 23.8 Å². The number of allylic oxidation sites excluding steroid dienone is 1. The van der Waals surface area contributed by atoms with Crippen molar-refractivity contribution in [3.8, 4) is 5.75 Å². The van der Waals surface area contributed by atoms with E-state index in [2.05, 4.69) is 4.98 Å². The maximum atomic E-state index is 14.2. The number of hydrogen-bond donors (Lipinski definition) is 0. The number of hydrogen-bond acceptors (Lipinski definition) is 5. The van der Waals surface area contributed by atoms with Crippen LogP contribution in [0, 0.1) is 11.6 Å². The number of anilines is 2. The maximum Gasteiger partial charge on any atom is 0.230 e. The third-order valence-corrected chi connectivity index (χ3v) is 5.85. The van der Waals surface area contributed by atoms with Crippen molar-refractivity contribution in [2.45, 2.75) is 19.8 Å². The van der Waals surface area contributed by atoms with Crippen molar-refractivity contribution in [3.63, 3.8) is 0 Å². The number of carbonyl (C=O) groups is 2. The molecule has 3 aromatic rings. The molecule has 0 aliphatic heterocycles. The Kier molecular flexibility index (Phi) is 5.65. The summed E-state index contributed by atoms with van der Waals surface area (Å²) >= 11 is 1.14. The minimum absolute atomic E-state index is 0.0774. The van der Waals surface area contributed by atoms with Gasteiger partial charge < -0.3 is 4.74 Å². The number of thiazole rings is 1. The van der Waals surface area contributed by atoms with E-state index in [1.807, 2.05) is 6.07 Å². The molecule has 1 aromatic heterocycles. The smallest absolute Gasteiger partial charge is 0.230 e. The third-order valence-electron chi connectivity index (χ3n) is 5.00. The summed E-state index contributed by atoms with van der Waals surface area (Å²) in [6.45, 7) is 1.28. The monoisotopic (exact) mass is 440 g/mol. The van der Waals surface area contributed by atoms with Crippen molar-refractivity contribution in [1.82, 2.24) is 4.98 Å². The number of aromatic nitrogens is 1. The summed E-state index contributed by atoms with van der Waals surface area (Å²) in [7, 11) is 1.58. The number of halogens is 2. The molecular weight excluding hydrogens is 422 g/mol. The molecule has 158 valence electrons. The zero-order chi connectivity index (χ0) is 22.1. The van der Waals surface area contributed by atoms with Gasteiger partial charge in [-0.25, -0.2) is 13.8 Å². The van der Waals surface area contributed by atoms with E-state index in [0.717, 1.165) is 33.9 Å². The van der Waals surface area contributed by atoms with Gasteiger partial charge in [0.15, 0.2) is 10.9 Å². The summed E-state index contributed by atoms with van der Waals surface area (Å²) in [5.74, 6) is -1.43. The molecule has 0 saturated carbocycles. The molecular formula is C23H18F2N2O3S. The predicted octanol–water partition coefficient (Wildman–Crippen LogP) is 5.33. The minimum atomic E-state index is -0.861. The lowest BCUT2D eigenvalue weighted by molar-refractivity contribution is -0.115. The summed E-state index contributed by atoms with van der Waals surface area (Å²) < 4.78 is 32.7. The lowest BCUT2D eigenvalue weighted by Gasteiger charge is -2.19. The van der Waals surface area contributed by atoms with Crippen LogP contribution in [-0.2, 0) is 11.2 Å². The fourth-order valence-corrected chi connectivity index (χ4v) is 4.35. The first kappa shape index (κ1) is 20.9. The highest BCUT2D eigenvalue weighted by molar-refractivity contribution is 7.14. The van der Waals surface area contributed by atoms with Gasteiger partial charge in [-0.05, 0) is 54.8 Å². The van der Waals surface area contributed by atoms with E-state index >= 15 is 0 Å². The average molecular weight is 440 g/mol. The largest absolute Gasteiger partial charge is 0.497 e. The molecule has 0 saturated heterocycles. The number of fused-ring (bicyclic) bond motifs is 1. The number of carbonyl (C=O) groups excluding carboxylic acids is 2. The molecule has 0 fully saturated rings. The van der Waals surface area contributed by atoms with E-state index < -0.39 is 17.5 Å². The Morgan fingerprint density at radius 3 is 2.71 bits per heavy atom. The van der Waals surface area contributed by atoms with Gasteiger partial charge in [0.05, 0.1) is 18.5 Å². The van der Waals surface area contributed by atoms with Gasteiger partial charge in [-0.3, -0.25) is 14.5 Å². The van der Waals surface area contributed by atoms with Crippen molar-refractivity contribution in [3.05, 3.63) is 75.8 Å². The number of nitrogens with zero attached hydrogens (tertiary/aromatic N) is 2. The molecule has 8 heteroatoms. The summed E-state index contributed by atoms with van der Waals surface area (Å²) in [5.41, 5.74) is 2.59. The van der Waals surface area contributed by atoms with E-state index in [1.165, 1.54) is 13.0 Å². The number of benzene rings is 2. The van der Waals surface area contributed by atoms with Crippen LogP contribution in [0.1, 0.15) is 35.0 Å². The number of aryl methyl sites for hydroxylation is 1. The highest BCUT2D eigenvalue weighted by Crippen LogP contribution is 2.33. The van der Waals surface area contributed by atoms with E-state index in [1.54, 1.807) is 30.7 Å². The van der Waals surface area contributed by atoms with Crippen molar-refractivity contribution < 1.29 is 23.1 Å². The Morgan fingerprint density at radius 1 is 1.19 bits per heavy atom. The minimum Gasteiger partial charge on any atom is -0.497 e. The van der Waals surface area contributed by atoms with E-state index in [4.69, 9.17) is 4.74 Å². The van der Waals surface area contributed by atoms with Gasteiger partial charge in [0.1, 0.15) is 17.4 Å². The van der Waals surface area contributed by atoms with Crippen LogP contribution >= 0.6 is 11.3 Å². The molecule has 0 unspecified atom stereocenters.